The molecule has 5 rings (SSSR count). The zero-order valence-corrected chi connectivity index (χ0v) is 20.1. The van der Waals surface area contributed by atoms with Crippen LogP contribution in [-0.4, -0.2) is 55.3 Å². The summed E-state index contributed by atoms with van der Waals surface area (Å²) in [7, 11) is -2.19. The molecular formula is C26H29N3O4S. The van der Waals surface area contributed by atoms with E-state index in [9.17, 15) is 13.2 Å². The molecule has 0 aliphatic carbocycles. The summed E-state index contributed by atoms with van der Waals surface area (Å²) >= 11 is 0. The molecule has 178 valence electrons. The van der Waals surface area contributed by atoms with Crippen LogP contribution in [0.4, 0.5) is 0 Å². The standard InChI is InChI=1S/C26H29N3O4S/c1-33-24-11-9-19(17-25(24)34(31,32)29-14-5-2-6-15-29)10-12-26(30)28-16-13-23-21(18-28)20-7-3-4-8-22(20)27-23/h3-4,7-12,17,27H,2,5-6,13-16,18H2,1H3. The van der Waals surface area contributed by atoms with Gasteiger partial charge in [0, 0.05) is 60.8 Å². The topological polar surface area (TPSA) is 82.7 Å². The third kappa shape index (κ3) is 4.23. The molecule has 1 aromatic heterocycles. The number of fused-ring (bicyclic) bond motifs is 3. The van der Waals surface area contributed by atoms with Crippen molar-refractivity contribution in [3.05, 3.63) is 65.4 Å². The van der Waals surface area contributed by atoms with E-state index in [-0.39, 0.29) is 10.8 Å². The van der Waals surface area contributed by atoms with E-state index >= 15 is 0 Å². The average Bonchev–Trinajstić information content (AvgIpc) is 3.25. The number of para-hydroxylation sites is 1. The van der Waals surface area contributed by atoms with Gasteiger partial charge in [-0.2, -0.15) is 4.31 Å². The number of amides is 1. The summed E-state index contributed by atoms with van der Waals surface area (Å²) in [6, 6.07) is 13.2. The molecule has 1 N–H and O–H groups in total. The Balaban J connectivity index is 1.36. The highest BCUT2D eigenvalue weighted by atomic mass is 32.2. The van der Waals surface area contributed by atoms with Gasteiger partial charge >= 0.3 is 0 Å². The minimum Gasteiger partial charge on any atom is -0.495 e. The van der Waals surface area contributed by atoms with Gasteiger partial charge in [-0.05, 0) is 42.7 Å². The van der Waals surface area contributed by atoms with Crippen molar-refractivity contribution in [3.8, 4) is 5.75 Å². The van der Waals surface area contributed by atoms with Crippen LogP contribution in [0.15, 0.2) is 53.4 Å². The van der Waals surface area contributed by atoms with Gasteiger partial charge in [0.1, 0.15) is 10.6 Å². The predicted octanol–water partition coefficient (Wildman–Crippen LogP) is 3.95. The third-order valence-electron chi connectivity index (χ3n) is 6.73. The van der Waals surface area contributed by atoms with Crippen LogP contribution in [0.2, 0.25) is 0 Å². The van der Waals surface area contributed by atoms with Crippen molar-refractivity contribution < 1.29 is 17.9 Å². The van der Waals surface area contributed by atoms with Gasteiger partial charge in [-0.3, -0.25) is 4.79 Å². The Morgan fingerprint density at radius 2 is 1.85 bits per heavy atom. The second-order valence-corrected chi connectivity index (χ2v) is 10.8. The summed E-state index contributed by atoms with van der Waals surface area (Å²) in [5.41, 5.74) is 4.10. The number of aromatic amines is 1. The SMILES string of the molecule is COc1ccc(C=CC(=O)N2CCc3[nH]c4ccccc4c3C2)cc1S(=O)(=O)N1CCCCC1. The number of aromatic nitrogens is 1. The van der Waals surface area contributed by atoms with Crippen LogP contribution >= 0.6 is 0 Å². The highest BCUT2D eigenvalue weighted by molar-refractivity contribution is 7.89. The Hall–Kier alpha value is -3.10. The molecule has 34 heavy (non-hydrogen) atoms. The van der Waals surface area contributed by atoms with E-state index in [1.807, 2.05) is 17.0 Å². The van der Waals surface area contributed by atoms with Crippen LogP contribution in [0, 0.1) is 0 Å². The van der Waals surface area contributed by atoms with E-state index in [1.54, 1.807) is 24.3 Å². The molecular weight excluding hydrogens is 450 g/mol. The number of nitrogens with one attached hydrogen (secondary N) is 1. The fourth-order valence-corrected chi connectivity index (χ4v) is 6.58. The van der Waals surface area contributed by atoms with E-state index in [0.29, 0.717) is 37.5 Å². The Labute approximate surface area is 200 Å². The number of rotatable bonds is 5. The lowest BCUT2D eigenvalue weighted by Crippen LogP contribution is -2.35. The number of carbonyl (C=O) groups excluding carboxylic acids is 1. The molecule has 0 atom stereocenters. The maximum atomic E-state index is 13.2. The van der Waals surface area contributed by atoms with Crippen molar-refractivity contribution in [2.45, 2.75) is 37.1 Å². The Bertz CT molecular complexity index is 1350. The molecule has 0 saturated carbocycles. The van der Waals surface area contributed by atoms with Crippen molar-refractivity contribution in [1.82, 2.24) is 14.2 Å². The third-order valence-corrected chi connectivity index (χ3v) is 8.65. The molecule has 1 saturated heterocycles. The number of piperidine rings is 1. The quantitative estimate of drug-likeness (QED) is 0.562. The first-order valence-corrected chi connectivity index (χ1v) is 13.1. The second kappa shape index (κ2) is 9.27. The molecule has 8 heteroatoms. The molecule has 1 fully saturated rings. The van der Waals surface area contributed by atoms with E-state index in [4.69, 9.17) is 4.74 Å². The summed E-state index contributed by atoms with van der Waals surface area (Å²) < 4.78 is 33.4. The van der Waals surface area contributed by atoms with E-state index in [0.717, 1.165) is 36.6 Å². The van der Waals surface area contributed by atoms with E-state index in [2.05, 4.69) is 17.1 Å². The van der Waals surface area contributed by atoms with Crippen LogP contribution in [-0.2, 0) is 27.8 Å². The van der Waals surface area contributed by atoms with Gasteiger partial charge < -0.3 is 14.6 Å². The van der Waals surface area contributed by atoms with Crippen molar-refractivity contribution in [3.63, 3.8) is 0 Å². The summed E-state index contributed by atoms with van der Waals surface area (Å²) in [6.45, 7) is 2.24. The summed E-state index contributed by atoms with van der Waals surface area (Å²) in [5, 5.41) is 1.15. The number of methoxy groups -OCH3 is 1. The lowest BCUT2D eigenvalue weighted by Gasteiger charge is -2.27. The molecule has 3 heterocycles. The maximum absolute atomic E-state index is 13.2. The Kier molecular flexibility index (Phi) is 6.18. The molecule has 0 unspecified atom stereocenters. The summed E-state index contributed by atoms with van der Waals surface area (Å²) in [4.78, 5) is 18.4. The lowest BCUT2D eigenvalue weighted by atomic mass is 10.0. The van der Waals surface area contributed by atoms with Gasteiger partial charge in [0.15, 0.2) is 0 Å². The summed E-state index contributed by atoms with van der Waals surface area (Å²) in [6.07, 6.45) is 6.77. The number of nitrogens with zero attached hydrogens (tertiary/aromatic N) is 2. The van der Waals surface area contributed by atoms with E-state index < -0.39 is 10.0 Å². The van der Waals surface area contributed by atoms with Crippen LogP contribution in [0.25, 0.3) is 17.0 Å². The maximum Gasteiger partial charge on any atom is 0.246 e. The molecule has 1 amide bonds. The lowest BCUT2D eigenvalue weighted by molar-refractivity contribution is -0.126. The smallest absolute Gasteiger partial charge is 0.246 e. The monoisotopic (exact) mass is 479 g/mol. The summed E-state index contributed by atoms with van der Waals surface area (Å²) in [5.74, 6) is 0.226. The molecule has 0 spiro atoms. The largest absolute Gasteiger partial charge is 0.495 e. The number of H-pyrrole nitrogens is 1. The number of benzene rings is 2. The average molecular weight is 480 g/mol. The molecule has 7 nitrogen and oxygen atoms in total. The van der Waals surface area contributed by atoms with Gasteiger partial charge in [-0.1, -0.05) is 30.7 Å². The minimum absolute atomic E-state index is 0.0906. The minimum atomic E-state index is -3.66. The fraction of sp³-hybridized carbons (Fsp3) is 0.346. The predicted molar refractivity (Wildman–Crippen MR) is 132 cm³/mol. The van der Waals surface area contributed by atoms with Crippen LogP contribution in [0.5, 0.6) is 5.75 Å². The van der Waals surface area contributed by atoms with Crippen molar-refractivity contribution in [2.75, 3.05) is 26.7 Å². The number of hydrogen-bond donors (Lipinski definition) is 1. The molecule has 0 radical (unpaired) electrons. The van der Waals surface area contributed by atoms with Gasteiger partial charge in [-0.25, -0.2) is 8.42 Å². The van der Waals surface area contributed by atoms with Gasteiger partial charge in [-0.15, -0.1) is 0 Å². The zero-order valence-electron chi connectivity index (χ0n) is 19.3. The van der Waals surface area contributed by atoms with Crippen LogP contribution in [0.3, 0.4) is 0 Å². The second-order valence-electron chi connectivity index (χ2n) is 8.85. The number of ether oxygens (including phenoxy) is 1. The first-order chi connectivity index (χ1) is 16.5. The Morgan fingerprint density at radius 1 is 1.06 bits per heavy atom. The molecule has 2 aliphatic heterocycles. The normalized spacial score (nSPS) is 17.3. The van der Waals surface area contributed by atoms with Gasteiger partial charge in [0.25, 0.3) is 0 Å². The molecule has 2 aliphatic rings. The van der Waals surface area contributed by atoms with Crippen molar-refractivity contribution >= 4 is 32.9 Å². The molecule has 3 aromatic rings. The van der Waals surface area contributed by atoms with Crippen molar-refractivity contribution in [2.24, 2.45) is 0 Å². The molecule has 0 bridgehead atoms. The number of sulfonamides is 1. The highest BCUT2D eigenvalue weighted by Gasteiger charge is 2.29. The van der Waals surface area contributed by atoms with Crippen LogP contribution < -0.4 is 4.74 Å². The van der Waals surface area contributed by atoms with E-state index in [1.165, 1.54) is 28.7 Å². The highest BCUT2D eigenvalue weighted by Crippen LogP contribution is 2.30. The van der Waals surface area contributed by atoms with Gasteiger partial charge in [0.2, 0.25) is 15.9 Å². The number of hydrogen-bond acceptors (Lipinski definition) is 4. The number of carbonyl (C=O) groups is 1. The fourth-order valence-electron chi connectivity index (χ4n) is 4.87. The van der Waals surface area contributed by atoms with Crippen LogP contribution in [0.1, 0.15) is 36.1 Å². The first kappa shape index (κ1) is 22.7. The first-order valence-electron chi connectivity index (χ1n) is 11.7. The van der Waals surface area contributed by atoms with Crippen molar-refractivity contribution in [1.29, 1.82) is 0 Å². The van der Waals surface area contributed by atoms with Gasteiger partial charge in [0.05, 0.1) is 7.11 Å². The molecule has 2 aromatic carbocycles. The zero-order chi connectivity index (χ0) is 23.7. The Morgan fingerprint density at radius 3 is 2.65 bits per heavy atom.